The second-order valence-electron chi connectivity index (χ2n) is 7.34. The molecule has 0 N–H and O–H groups in total. The number of rotatable bonds is 3. The number of pyridine rings is 2. The van der Waals surface area contributed by atoms with Gasteiger partial charge in [-0.2, -0.15) is 0 Å². The van der Waals surface area contributed by atoms with Gasteiger partial charge in [0.2, 0.25) is 0 Å². The van der Waals surface area contributed by atoms with Crippen molar-refractivity contribution in [2.45, 2.75) is 38.8 Å². The van der Waals surface area contributed by atoms with Crippen molar-refractivity contribution < 1.29 is 9.18 Å². The molecular weight excluding hydrogens is 357 g/mol. The van der Waals surface area contributed by atoms with Crippen LogP contribution in [0.2, 0.25) is 0 Å². The van der Waals surface area contributed by atoms with Crippen LogP contribution in [-0.4, -0.2) is 32.9 Å². The van der Waals surface area contributed by atoms with Crippen LogP contribution in [0.5, 0.6) is 0 Å². The van der Waals surface area contributed by atoms with Crippen LogP contribution in [0.3, 0.4) is 0 Å². The van der Waals surface area contributed by atoms with Gasteiger partial charge in [-0.05, 0) is 62.1 Å². The summed E-state index contributed by atoms with van der Waals surface area (Å²) in [4.78, 5) is 32.6. The molecule has 1 amide bonds. The summed E-state index contributed by atoms with van der Waals surface area (Å²) in [5.41, 5.74) is 1.08. The number of amides is 1. The van der Waals surface area contributed by atoms with Crippen molar-refractivity contribution in [1.29, 1.82) is 0 Å². The lowest BCUT2D eigenvalue weighted by Gasteiger charge is -2.33. The van der Waals surface area contributed by atoms with E-state index in [0.717, 1.165) is 30.2 Å². The molecule has 0 bridgehead atoms. The Bertz CT molecular complexity index is 1080. The van der Waals surface area contributed by atoms with Crippen molar-refractivity contribution in [1.82, 2.24) is 14.5 Å². The standard InChI is InChI=1S/C22H22FN3O2/c1-15-5-2-3-12-25(15)21(27)19-13-17-6-4-11-24-20(17)26(22(19)28)14-16-7-9-18(23)10-8-16/h4,6-11,13,15H,2-3,5,12,14H2,1H3/t15-/m0/s1. The Balaban J connectivity index is 1.82. The van der Waals surface area contributed by atoms with E-state index in [0.29, 0.717) is 12.2 Å². The molecular formula is C22H22FN3O2. The largest absolute Gasteiger partial charge is 0.336 e. The fourth-order valence-corrected chi connectivity index (χ4v) is 3.83. The number of nitrogens with zero attached hydrogens (tertiary/aromatic N) is 3. The second kappa shape index (κ2) is 7.54. The monoisotopic (exact) mass is 379 g/mol. The first kappa shape index (κ1) is 18.3. The van der Waals surface area contributed by atoms with E-state index in [-0.39, 0.29) is 35.4 Å². The Kier molecular flexibility index (Phi) is 4.94. The lowest BCUT2D eigenvalue weighted by Crippen LogP contribution is -2.44. The zero-order chi connectivity index (χ0) is 19.7. The molecule has 28 heavy (non-hydrogen) atoms. The molecule has 2 aromatic heterocycles. The molecule has 1 atom stereocenters. The Labute approximate surface area is 162 Å². The van der Waals surface area contributed by atoms with Crippen LogP contribution >= 0.6 is 0 Å². The Morgan fingerprint density at radius 1 is 1.21 bits per heavy atom. The van der Waals surface area contributed by atoms with Gasteiger partial charge in [0.25, 0.3) is 11.5 Å². The van der Waals surface area contributed by atoms with Crippen molar-refractivity contribution in [3.05, 3.63) is 76.0 Å². The molecule has 1 fully saturated rings. The fourth-order valence-electron chi connectivity index (χ4n) is 3.83. The number of aromatic nitrogens is 2. The summed E-state index contributed by atoms with van der Waals surface area (Å²) in [7, 11) is 0. The van der Waals surface area contributed by atoms with E-state index in [2.05, 4.69) is 4.98 Å². The topological polar surface area (TPSA) is 55.2 Å². The molecule has 0 unspecified atom stereocenters. The van der Waals surface area contributed by atoms with E-state index in [9.17, 15) is 14.0 Å². The molecule has 3 heterocycles. The van der Waals surface area contributed by atoms with Crippen molar-refractivity contribution >= 4 is 16.9 Å². The van der Waals surface area contributed by atoms with E-state index in [1.165, 1.54) is 16.7 Å². The summed E-state index contributed by atoms with van der Waals surface area (Å²) < 4.78 is 14.7. The maximum atomic E-state index is 13.2. The van der Waals surface area contributed by atoms with Gasteiger partial charge >= 0.3 is 0 Å². The fraction of sp³-hybridized carbons (Fsp3) is 0.318. The molecule has 6 heteroatoms. The van der Waals surface area contributed by atoms with Crippen LogP contribution in [0.4, 0.5) is 4.39 Å². The summed E-state index contributed by atoms with van der Waals surface area (Å²) in [5.74, 6) is -0.557. The number of piperidine rings is 1. The summed E-state index contributed by atoms with van der Waals surface area (Å²) in [5, 5.41) is 0.734. The highest BCUT2D eigenvalue weighted by atomic mass is 19.1. The first-order valence-corrected chi connectivity index (χ1v) is 9.58. The molecule has 5 nitrogen and oxygen atoms in total. The van der Waals surface area contributed by atoms with Crippen molar-refractivity contribution in [3.8, 4) is 0 Å². The third-order valence-electron chi connectivity index (χ3n) is 5.40. The maximum Gasteiger partial charge on any atom is 0.265 e. The normalized spacial score (nSPS) is 17.1. The Morgan fingerprint density at radius 3 is 2.75 bits per heavy atom. The third kappa shape index (κ3) is 3.42. The minimum atomic E-state index is -0.363. The first-order chi connectivity index (χ1) is 13.5. The van der Waals surface area contributed by atoms with Gasteiger partial charge in [0.05, 0.1) is 6.54 Å². The van der Waals surface area contributed by atoms with Crippen LogP contribution in [0.25, 0.3) is 11.0 Å². The predicted molar refractivity (Wildman–Crippen MR) is 106 cm³/mol. The molecule has 1 saturated heterocycles. The molecule has 1 aromatic carbocycles. The van der Waals surface area contributed by atoms with Gasteiger partial charge < -0.3 is 4.90 Å². The first-order valence-electron chi connectivity index (χ1n) is 9.58. The predicted octanol–water partition coefficient (Wildman–Crippen LogP) is 3.60. The Morgan fingerprint density at radius 2 is 2.00 bits per heavy atom. The minimum absolute atomic E-state index is 0.121. The number of benzene rings is 1. The molecule has 0 radical (unpaired) electrons. The molecule has 1 aliphatic heterocycles. The van der Waals surface area contributed by atoms with Crippen LogP contribution in [-0.2, 0) is 6.54 Å². The lowest BCUT2D eigenvalue weighted by molar-refractivity contribution is 0.0633. The molecule has 1 aliphatic rings. The number of halogens is 1. The number of carbonyl (C=O) groups is 1. The van der Waals surface area contributed by atoms with Crippen LogP contribution in [0.15, 0.2) is 53.5 Å². The highest BCUT2D eigenvalue weighted by Crippen LogP contribution is 2.20. The van der Waals surface area contributed by atoms with Crippen molar-refractivity contribution in [3.63, 3.8) is 0 Å². The SMILES string of the molecule is C[C@H]1CCCCN1C(=O)c1cc2cccnc2n(Cc2ccc(F)cc2)c1=O. The van der Waals surface area contributed by atoms with E-state index < -0.39 is 0 Å². The van der Waals surface area contributed by atoms with Crippen LogP contribution < -0.4 is 5.56 Å². The van der Waals surface area contributed by atoms with E-state index in [1.54, 1.807) is 35.4 Å². The average Bonchev–Trinajstić information content (AvgIpc) is 2.71. The van der Waals surface area contributed by atoms with E-state index in [1.807, 2.05) is 13.0 Å². The van der Waals surface area contributed by atoms with Crippen molar-refractivity contribution in [2.24, 2.45) is 0 Å². The summed E-state index contributed by atoms with van der Waals surface area (Å²) in [6, 6.07) is 11.4. The summed E-state index contributed by atoms with van der Waals surface area (Å²) >= 11 is 0. The third-order valence-corrected chi connectivity index (χ3v) is 5.40. The number of carbonyl (C=O) groups excluding carboxylic acids is 1. The molecule has 0 aliphatic carbocycles. The van der Waals surface area contributed by atoms with Gasteiger partial charge in [-0.25, -0.2) is 9.37 Å². The van der Waals surface area contributed by atoms with E-state index in [4.69, 9.17) is 0 Å². The van der Waals surface area contributed by atoms with Gasteiger partial charge in [0.1, 0.15) is 17.0 Å². The number of hydrogen-bond donors (Lipinski definition) is 0. The van der Waals surface area contributed by atoms with Gasteiger partial charge in [-0.3, -0.25) is 14.2 Å². The van der Waals surface area contributed by atoms with Gasteiger partial charge in [0.15, 0.2) is 0 Å². The molecule has 0 spiro atoms. The summed E-state index contributed by atoms with van der Waals surface area (Å²) in [6.45, 7) is 2.92. The second-order valence-corrected chi connectivity index (χ2v) is 7.34. The smallest absolute Gasteiger partial charge is 0.265 e. The van der Waals surface area contributed by atoms with Crippen LogP contribution in [0.1, 0.15) is 42.1 Å². The summed E-state index contributed by atoms with van der Waals surface area (Å²) in [6.07, 6.45) is 4.62. The zero-order valence-electron chi connectivity index (χ0n) is 15.8. The number of fused-ring (bicyclic) bond motifs is 1. The maximum absolute atomic E-state index is 13.2. The zero-order valence-corrected chi connectivity index (χ0v) is 15.8. The quantitative estimate of drug-likeness (QED) is 0.699. The highest BCUT2D eigenvalue weighted by Gasteiger charge is 2.27. The average molecular weight is 379 g/mol. The number of hydrogen-bond acceptors (Lipinski definition) is 3. The molecule has 3 aromatic rings. The highest BCUT2D eigenvalue weighted by molar-refractivity contribution is 5.97. The van der Waals surface area contributed by atoms with Gasteiger partial charge in [0, 0.05) is 24.2 Å². The molecule has 144 valence electrons. The van der Waals surface area contributed by atoms with Crippen LogP contribution in [0, 0.1) is 5.82 Å². The number of likely N-dealkylation sites (tertiary alicyclic amines) is 1. The molecule has 4 rings (SSSR count). The Hall–Kier alpha value is -3.02. The lowest BCUT2D eigenvalue weighted by atomic mass is 10.0. The minimum Gasteiger partial charge on any atom is -0.336 e. The molecule has 0 saturated carbocycles. The van der Waals surface area contributed by atoms with Crippen molar-refractivity contribution in [2.75, 3.05) is 6.54 Å². The van der Waals surface area contributed by atoms with Gasteiger partial charge in [-0.1, -0.05) is 12.1 Å². The van der Waals surface area contributed by atoms with E-state index >= 15 is 0 Å². The van der Waals surface area contributed by atoms with Gasteiger partial charge in [-0.15, -0.1) is 0 Å².